The van der Waals surface area contributed by atoms with Crippen LogP contribution in [0.3, 0.4) is 0 Å². The molecule has 0 aliphatic carbocycles. The van der Waals surface area contributed by atoms with Crippen molar-refractivity contribution in [1.29, 1.82) is 0 Å². The van der Waals surface area contributed by atoms with E-state index in [4.69, 9.17) is 0 Å². The Morgan fingerprint density at radius 2 is 1.33 bits per heavy atom. The minimum absolute atomic E-state index is 0. The van der Waals surface area contributed by atoms with Crippen LogP contribution < -0.4 is 0 Å². The van der Waals surface area contributed by atoms with Gasteiger partial charge in [-0.1, -0.05) is 45.5 Å². The molecule has 2 rings (SSSR count). The summed E-state index contributed by atoms with van der Waals surface area (Å²) in [4.78, 5) is 0. The molecule has 0 bridgehead atoms. The van der Waals surface area contributed by atoms with E-state index in [1.807, 2.05) is 22.5 Å². The van der Waals surface area contributed by atoms with Crippen molar-refractivity contribution in [2.24, 2.45) is 0 Å². The molecule has 0 aliphatic rings. The molecule has 0 saturated carbocycles. The van der Waals surface area contributed by atoms with E-state index in [9.17, 15) is 0 Å². The van der Waals surface area contributed by atoms with Crippen molar-refractivity contribution in [2.45, 2.75) is 93.7 Å². The molecule has 2 aromatic heterocycles. The molecule has 6 nitrogen and oxygen atoms in total. The van der Waals surface area contributed by atoms with Crippen LogP contribution in [0.4, 0.5) is 0 Å². The Balaban J connectivity index is 0.000000425. The van der Waals surface area contributed by atoms with Crippen LogP contribution in [0, 0.1) is 6.92 Å². The first kappa shape index (κ1) is 22.3. The average Bonchev–Trinajstić information content (AvgIpc) is 3.04. The van der Waals surface area contributed by atoms with E-state index in [2.05, 4.69) is 76.0 Å². The summed E-state index contributed by atoms with van der Waals surface area (Å²) < 4.78 is 3.96. The summed E-state index contributed by atoms with van der Waals surface area (Å²) in [5.41, 5.74) is 3.52. The minimum atomic E-state index is 0. The Labute approximate surface area is 147 Å². The van der Waals surface area contributed by atoms with Crippen molar-refractivity contribution in [3.63, 3.8) is 0 Å². The van der Waals surface area contributed by atoms with Crippen LogP contribution in [0.5, 0.6) is 0 Å². The molecule has 0 N–H and O–H groups in total. The van der Waals surface area contributed by atoms with E-state index in [0.717, 1.165) is 5.69 Å². The first-order valence-corrected chi connectivity index (χ1v) is 8.48. The molecule has 2 aromatic rings. The molecule has 0 saturated heterocycles. The number of nitrogens with zero attached hydrogens (tertiary/aromatic N) is 6. The van der Waals surface area contributed by atoms with Crippen LogP contribution in [0.2, 0.25) is 0 Å². The molecule has 0 spiro atoms. The first-order valence-electron chi connectivity index (χ1n) is 8.48. The lowest BCUT2D eigenvalue weighted by Gasteiger charge is -2.12. The summed E-state index contributed by atoms with van der Waals surface area (Å²) in [6, 6.07) is 0.818. The highest BCUT2D eigenvalue weighted by molar-refractivity contribution is 5.12. The molecular formula is C18H36N6. The van der Waals surface area contributed by atoms with Gasteiger partial charge in [-0.3, -0.25) is 0 Å². The molecule has 0 fully saturated rings. The van der Waals surface area contributed by atoms with E-state index in [-0.39, 0.29) is 7.43 Å². The fourth-order valence-corrected chi connectivity index (χ4v) is 2.51. The summed E-state index contributed by atoms with van der Waals surface area (Å²) in [5, 5.41) is 16.1. The third kappa shape index (κ3) is 5.42. The molecule has 0 atom stereocenters. The topological polar surface area (TPSA) is 61.4 Å². The number of hydrogen-bond acceptors (Lipinski definition) is 4. The van der Waals surface area contributed by atoms with Gasteiger partial charge in [0.1, 0.15) is 0 Å². The van der Waals surface area contributed by atoms with Gasteiger partial charge in [0.15, 0.2) is 0 Å². The molecule has 0 radical (unpaired) electrons. The quantitative estimate of drug-likeness (QED) is 0.796. The van der Waals surface area contributed by atoms with Gasteiger partial charge in [0, 0.05) is 12.1 Å². The van der Waals surface area contributed by atoms with Crippen molar-refractivity contribution in [3.8, 4) is 0 Å². The van der Waals surface area contributed by atoms with Crippen molar-refractivity contribution >= 4 is 0 Å². The van der Waals surface area contributed by atoms with Crippen LogP contribution in [0.25, 0.3) is 0 Å². The molecule has 0 unspecified atom stereocenters. The van der Waals surface area contributed by atoms with Crippen LogP contribution in [0.1, 0.15) is 104 Å². The van der Waals surface area contributed by atoms with Crippen LogP contribution >= 0.6 is 0 Å². The summed E-state index contributed by atoms with van der Waals surface area (Å²) in [5.74, 6) is 1.01. The van der Waals surface area contributed by atoms with Gasteiger partial charge in [0.05, 0.1) is 23.3 Å². The van der Waals surface area contributed by atoms with Crippen LogP contribution in [-0.2, 0) is 0 Å². The fraction of sp³-hybridized carbons (Fsp3) is 0.778. The molecule has 0 aliphatic heterocycles. The van der Waals surface area contributed by atoms with E-state index in [1.54, 1.807) is 0 Å². The number of aromatic nitrogens is 6. The highest BCUT2D eigenvalue weighted by Crippen LogP contribution is 2.19. The van der Waals surface area contributed by atoms with Gasteiger partial charge in [-0.25, -0.2) is 9.36 Å². The van der Waals surface area contributed by atoms with E-state index in [0.29, 0.717) is 23.9 Å². The standard InChI is InChI=1S/C9H17N3.C8H15N3.CH4/c1-6(2)9-8(5)10-11-12(9)7(3)4;1-6(2)8-5-9-10-11(8)7(3)4;/h6-7H,1-5H3;5-7H,1-4H3;1H4. The second kappa shape index (κ2) is 9.55. The van der Waals surface area contributed by atoms with Gasteiger partial charge in [-0.05, 0) is 46.5 Å². The van der Waals surface area contributed by atoms with Gasteiger partial charge in [0.25, 0.3) is 0 Å². The van der Waals surface area contributed by atoms with Crippen molar-refractivity contribution in [3.05, 3.63) is 23.3 Å². The first-order chi connectivity index (χ1) is 10.7. The molecule has 24 heavy (non-hydrogen) atoms. The van der Waals surface area contributed by atoms with E-state index < -0.39 is 0 Å². The molecular weight excluding hydrogens is 300 g/mol. The highest BCUT2D eigenvalue weighted by atomic mass is 15.4. The van der Waals surface area contributed by atoms with Gasteiger partial charge in [-0.2, -0.15) is 0 Å². The van der Waals surface area contributed by atoms with Crippen LogP contribution in [0.15, 0.2) is 6.20 Å². The third-order valence-corrected chi connectivity index (χ3v) is 3.63. The Morgan fingerprint density at radius 3 is 1.67 bits per heavy atom. The highest BCUT2D eigenvalue weighted by Gasteiger charge is 2.14. The smallest absolute Gasteiger partial charge is 0.0831 e. The molecule has 2 heterocycles. The van der Waals surface area contributed by atoms with Gasteiger partial charge in [-0.15, -0.1) is 10.2 Å². The van der Waals surface area contributed by atoms with Crippen molar-refractivity contribution < 1.29 is 0 Å². The zero-order valence-electron chi connectivity index (χ0n) is 16.1. The van der Waals surface area contributed by atoms with E-state index in [1.165, 1.54) is 11.4 Å². The Morgan fingerprint density at radius 1 is 0.792 bits per heavy atom. The number of rotatable bonds is 4. The van der Waals surface area contributed by atoms with Crippen LogP contribution in [-0.4, -0.2) is 30.0 Å². The van der Waals surface area contributed by atoms with Gasteiger partial charge >= 0.3 is 0 Å². The minimum Gasteiger partial charge on any atom is -0.247 e. The lowest BCUT2D eigenvalue weighted by Crippen LogP contribution is -2.09. The van der Waals surface area contributed by atoms with Gasteiger partial charge in [0.2, 0.25) is 0 Å². The Kier molecular flexibility index (Phi) is 8.86. The Hall–Kier alpha value is -1.72. The second-order valence-electron chi connectivity index (χ2n) is 7.11. The maximum Gasteiger partial charge on any atom is 0.0831 e. The predicted molar refractivity (Wildman–Crippen MR) is 100 cm³/mol. The molecule has 138 valence electrons. The summed E-state index contributed by atoms with van der Waals surface area (Å²) >= 11 is 0. The summed E-state index contributed by atoms with van der Waals surface area (Å²) in [6.45, 7) is 19.1. The Bertz CT molecular complexity index is 570. The average molecular weight is 337 g/mol. The largest absolute Gasteiger partial charge is 0.247 e. The molecule has 0 aromatic carbocycles. The maximum absolute atomic E-state index is 4.10. The zero-order valence-corrected chi connectivity index (χ0v) is 16.1. The summed E-state index contributed by atoms with van der Waals surface area (Å²) in [7, 11) is 0. The lowest BCUT2D eigenvalue weighted by molar-refractivity contribution is 0.484. The predicted octanol–water partition coefficient (Wildman–Crippen LogP) is 4.91. The summed E-state index contributed by atoms with van der Waals surface area (Å²) in [6.07, 6.45) is 1.84. The second-order valence-corrected chi connectivity index (χ2v) is 7.11. The lowest BCUT2D eigenvalue weighted by atomic mass is 10.1. The van der Waals surface area contributed by atoms with Crippen molar-refractivity contribution in [1.82, 2.24) is 30.0 Å². The fourth-order valence-electron chi connectivity index (χ4n) is 2.51. The molecule has 6 heteroatoms. The van der Waals surface area contributed by atoms with Gasteiger partial charge < -0.3 is 0 Å². The zero-order chi connectivity index (χ0) is 17.7. The number of hydrogen-bond donors (Lipinski definition) is 0. The van der Waals surface area contributed by atoms with Crippen molar-refractivity contribution in [2.75, 3.05) is 0 Å². The third-order valence-electron chi connectivity index (χ3n) is 3.63. The number of aryl methyl sites for hydroxylation is 1. The normalized spacial score (nSPS) is 11.0. The van der Waals surface area contributed by atoms with E-state index >= 15 is 0 Å². The maximum atomic E-state index is 4.10. The SMILES string of the molecule is C.CC(C)c1cnnn1C(C)C.Cc1nnn(C(C)C)c1C(C)C. The molecule has 0 amide bonds. The monoisotopic (exact) mass is 336 g/mol.